The molecule has 0 heterocycles. The van der Waals surface area contributed by atoms with Crippen LogP contribution in [0.2, 0.25) is 0 Å². The van der Waals surface area contributed by atoms with Crippen LogP contribution < -0.4 is 15.8 Å². The Balaban J connectivity index is 1.81. The number of nitrogens with one attached hydrogen (secondary N) is 1. The molecule has 0 bridgehead atoms. The fourth-order valence-corrected chi connectivity index (χ4v) is 1.76. The van der Waals surface area contributed by atoms with Gasteiger partial charge in [0.25, 0.3) is 0 Å². The van der Waals surface area contributed by atoms with Crippen LogP contribution in [0.25, 0.3) is 0 Å². The zero-order valence-corrected chi connectivity index (χ0v) is 11.7. The molecule has 0 aliphatic carbocycles. The van der Waals surface area contributed by atoms with Gasteiger partial charge in [0.2, 0.25) is 5.91 Å². The monoisotopic (exact) mass is 288 g/mol. The number of aryl methyl sites for hydroxylation is 1. The number of carbonyl (C=O) groups excluding carboxylic acids is 1. The van der Waals surface area contributed by atoms with Crippen molar-refractivity contribution in [1.29, 1.82) is 0 Å². The SMILES string of the molecule is Cc1ccc(F)c(OCCC(=O)Nc2ccc(N)cc2)c1. The van der Waals surface area contributed by atoms with Crippen LogP contribution in [0.5, 0.6) is 5.75 Å². The summed E-state index contributed by atoms with van der Waals surface area (Å²) in [4.78, 5) is 11.7. The summed E-state index contributed by atoms with van der Waals surface area (Å²) in [6, 6.07) is 11.5. The molecular formula is C16H17FN2O2. The molecule has 0 atom stereocenters. The first kappa shape index (κ1) is 14.8. The highest BCUT2D eigenvalue weighted by Crippen LogP contribution is 2.18. The Bertz CT molecular complexity index is 627. The van der Waals surface area contributed by atoms with Crippen molar-refractivity contribution in [1.82, 2.24) is 0 Å². The van der Waals surface area contributed by atoms with E-state index in [2.05, 4.69) is 5.32 Å². The van der Waals surface area contributed by atoms with Gasteiger partial charge in [-0.25, -0.2) is 4.39 Å². The van der Waals surface area contributed by atoms with Gasteiger partial charge >= 0.3 is 0 Å². The minimum atomic E-state index is -0.431. The molecule has 0 unspecified atom stereocenters. The summed E-state index contributed by atoms with van der Waals surface area (Å²) in [5.41, 5.74) is 7.75. The van der Waals surface area contributed by atoms with Gasteiger partial charge in [0, 0.05) is 11.4 Å². The second-order valence-corrected chi connectivity index (χ2v) is 4.70. The highest BCUT2D eigenvalue weighted by Gasteiger charge is 2.06. The lowest BCUT2D eigenvalue weighted by atomic mass is 10.2. The number of carbonyl (C=O) groups is 1. The number of benzene rings is 2. The number of hydrogen-bond donors (Lipinski definition) is 2. The van der Waals surface area contributed by atoms with E-state index in [1.807, 2.05) is 6.92 Å². The summed E-state index contributed by atoms with van der Waals surface area (Å²) in [7, 11) is 0. The molecule has 2 aromatic rings. The van der Waals surface area contributed by atoms with E-state index in [0.29, 0.717) is 11.4 Å². The van der Waals surface area contributed by atoms with Gasteiger partial charge in [0.15, 0.2) is 11.6 Å². The maximum absolute atomic E-state index is 13.4. The molecule has 0 saturated carbocycles. The first-order valence-corrected chi connectivity index (χ1v) is 6.59. The van der Waals surface area contributed by atoms with Crippen molar-refractivity contribution in [2.75, 3.05) is 17.7 Å². The molecule has 0 aliphatic heterocycles. The third-order valence-corrected chi connectivity index (χ3v) is 2.87. The van der Waals surface area contributed by atoms with Crippen LogP contribution in [-0.4, -0.2) is 12.5 Å². The minimum absolute atomic E-state index is 0.112. The molecule has 0 aliphatic rings. The average molecular weight is 288 g/mol. The highest BCUT2D eigenvalue weighted by atomic mass is 19.1. The lowest BCUT2D eigenvalue weighted by Gasteiger charge is -2.09. The number of halogens is 1. The fourth-order valence-electron chi connectivity index (χ4n) is 1.76. The topological polar surface area (TPSA) is 64.3 Å². The molecule has 0 spiro atoms. The van der Waals surface area contributed by atoms with Gasteiger partial charge in [0.05, 0.1) is 13.0 Å². The first-order valence-electron chi connectivity index (χ1n) is 6.59. The Labute approximate surface area is 122 Å². The summed E-state index contributed by atoms with van der Waals surface area (Å²) in [6.45, 7) is 1.96. The Morgan fingerprint density at radius 3 is 2.67 bits per heavy atom. The molecule has 0 fully saturated rings. The van der Waals surface area contributed by atoms with Crippen molar-refractivity contribution in [2.24, 2.45) is 0 Å². The van der Waals surface area contributed by atoms with E-state index in [1.54, 1.807) is 36.4 Å². The third-order valence-electron chi connectivity index (χ3n) is 2.87. The summed E-state index contributed by atoms with van der Waals surface area (Å²) >= 11 is 0. The quantitative estimate of drug-likeness (QED) is 0.831. The lowest BCUT2D eigenvalue weighted by Crippen LogP contribution is -2.15. The Morgan fingerprint density at radius 1 is 1.24 bits per heavy atom. The highest BCUT2D eigenvalue weighted by molar-refractivity contribution is 5.90. The van der Waals surface area contributed by atoms with Crippen LogP contribution in [0.1, 0.15) is 12.0 Å². The standard InChI is InChI=1S/C16H17FN2O2/c1-11-2-7-14(17)15(10-11)21-9-8-16(20)19-13-5-3-12(18)4-6-13/h2-7,10H,8-9,18H2,1H3,(H,19,20). The number of ether oxygens (including phenoxy) is 1. The zero-order chi connectivity index (χ0) is 15.2. The molecule has 0 saturated heterocycles. The van der Waals surface area contributed by atoms with E-state index in [9.17, 15) is 9.18 Å². The van der Waals surface area contributed by atoms with E-state index in [0.717, 1.165) is 5.56 Å². The Morgan fingerprint density at radius 2 is 1.95 bits per heavy atom. The number of anilines is 2. The van der Waals surface area contributed by atoms with Crippen LogP contribution in [0.15, 0.2) is 42.5 Å². The molecule has 2 aromatic carbocycles. The van der Waals surface area contributed by atoms with Gasteiger partial charge in [-0.2, -0.15) is 0 Å². The van der Waals surface area contributed by atoms with Crippen LogP contribution in [0.4, 0.5) is 15.8 Å². The second-order valence-electron chi connectivity index (χ2n) is 4.70. The van der Waals surface area contributed by atoms with Gasteiger partial charge in [-0.15, -0.1) is 0 Å². The molecule has 4 nitrogen and oxygen atoms in total. The first-order chi connectivity index (χ1) is 10.0. The molecule has 5 heteroatoms. The number of hydrogen-bond acceptors (Lipinski definition) is 3. The maximum atomic E-state index is 13.4. The lowest BCUT2D eigenvalue weighted by molar-refractivity contribution is -0.116. The van der Waals surface area contributed by atoms with E-state index >= 15 is 0 Å². The van der Waals surface area contributed by atoms with Gasteiger partial charge < -0.3 is 15.8 Å². The van der Waals surface area contributed by atoms with Crippen molar-refractivity contribution in [3.05, 3.63) is 53.8 Å². The Kier molecular flexibility index (Phi) is 4.77. The predicted octanol–water partition coefficient (Wildman–Crippen LogP) is 3.12. The average Bonchev–Trinajstić information content (AvgIpc) is 2.45. The van der Waals surface area contributed by atoms with Gasteiger partial charge in [-0.05, 0) is 48.9 Å². The molecule has 0 aromatic heterocycles. The number of amides is 1. The van der Waals surface area contributed by atoms with Gasteiger partial charge in [-0.1, -0.05) is 6.07 Å². The molecule has 1 amide bonds. The smallest absolute Gasteiger partial charge is 0.227 e. The van der Waals surface area contributed by atoms with E-state index in [1.165, 1.54) is 6.07 Å². The summed E-state index contributed by atoms with van der Waals surface area (Å²) in [6.07, 6.45) is 0.137. The molecule has 110 valence electrons. The molecule has 21 heavy (non-hydrogen) atoms. The van der Waals surface area contributed by atoms with Crippen molar-refractivity contribution >= 4 is 17.3 Å². The van der Waals surface area contributed by atoms with E-state index in [4.69, 9.17) is 10.5 Å². The number of rotatable bonds is 5. The van der Waals surface area contributed by atoms with Crippen LogP contribution in [0.3, 0.4) is 0 Å². The van der Waals surface area contributed by atoms with Crippen LogP contribution >= 0.6 is 0 Å². The predicted molar refractivity (Wildman–Crippen MR) is 80.7 cm³/mol. The normalized spacial score (nSPS) is 10.2. The largest absolute Gasteiger partial charge is 0.490 e. The minimum Gasteiger partial charge on any atom is -0.490 e. The molecule has 0 radical (unpaired) electrons. The van der Waals surface area contributed by atoms with Crippen molar-refractivity contribution < 1.29 is 13.9 Å². The number of nitrogens with two attached hydrogens (primary N) is 1. The zero-order valence-electron chi connectivity index (χ0n) is 11.7. The Hall–Kier alpha value is -2.56. The van der Waals surface area contributed by atoms with E-state index < -0.39 is 5.82 Å². The molecular weight excluding hydrogens is 271 g/mol. The van der Waals surface area contributed by atoms with Crippen molar-refractivity contribution in [3.63, 3.8) is 0 Å². The van der Waals surface area contributed by atoms with Crippen LogP contribution in [-0.2, 0) is 4.79 Å². The van der Waals surface area contributed by atoms with Gasteiger partial charge in [-0.3, -0.25) is 4.79 Å². The van der Waals surface area contributed by atoms with Crippen LogP contribution in [0, 0.1) is 12.7 Å². The third kappa shape index (κ3) is 4.49. The molecule has 2 rings (SSSR count). The summed E-state index contributed by atoms with van der Waals surface area (Å²) in [5, 5.41) is 2.71. The number of nitrogen functional groups attached to an aromatic ring is 1. The van der Waals surface area contributed by atoms with Gasteiger partial charge in [0.1, 0.15) is 0 Å². The maximum Gasteiger partial charge on any atom is 0.227 e. The fraction of sp³-hybridized carbons (Fsp3) is 0.188. The van der Waals surface area contributed by atoms with Crippen molar-refractivity contribution in [2.45, 2.75) is 13.3 Å². The molecule has 3 N–H and O–H groups in total. The summed E-state index contributed by atoms with van der Waals surface area (Å²) in [5.74, 6) is -0.470. The summed E-state index contributed by atoms with van der Waals surface area (Å²) < 4.78 is 18.7. The second kappa shape index (κ2) is 6.74. The van der Waals surface area contributed by atoms with E-state index in [-0.39, 0.29) is 24.7 Å². The van der Waals surface area contributed by atoms with Crippen molar-refractivity contribution in [3.8, 4) is 5.75 Å².